The fourth-order valence-corrected chi connectivity index (χ4v) is 0.581. The molecule has 0 saturated carbocycles. The minimum absolute atomic E-state index is 0.368. The van der Waals surface area contributed by atoms with Gasteiger partial charge >= 0.3 is 5.97 Å². The van der Waals surface area contributed by atoms with Crippen molar-refractivity contribution in [3.05, 3.63) is 0 Å². The molecule has 0 bridgehead atoms. The van der Waals surface area contributed by atoms with Crippen LogP contribution in [-0.4, -0.2) is 31.1 Å². The van der Waals surface area contributed by atoms with Crippen molar-refractivity contribution < 1.29 is 14.3 Å². The Morgan fingerprint density at radius 3 is 2.25 bits per heavy atom. The summed E-state index contributed by atoms with van der Waals surface area (Å²) in [6, 6.07) is -1.26. The summed E-state index contributed by atoms with van der Waals surface area (Å²) in [5, 5.41) is 2.39. The van der Waals surface area contributed by atoms with Crippen molar-refractivity contribution in [2.75, 3.05) is 7.11 Å². The summed E-state index contributed by atoms with van der Waals surface area (Å²) in [4.78, 5) is 21.7. The molecule has 0 spiro atoms. The highest BCUT2D eigenvalue weighted by Gasteiger charge is 2.17. The van der Waals surface area contributed by atoms with Gasteiger partial charge in [0.25, 0.3) is 0 Å². The maximum atomic E-state index is 10.9. The van der Waals surface area contributed by atoms with E-state index in [1.807, 2.05) is 0 Å². The molecule has 0 radical (unpaired) electrons. The Kier molecular flexibility index (Phi) is 4.28. The molecule has 0 unspecified atom stereocenters. The Morgan fingerprint density at radius 1 is 1.42 bits per heavy atom. The highest BCUT2D eigenvalue weighted by Crippen LogP contribution is 1.86. The van der Waals surface area contributed by atoms with E-state index in [0.717, 1.165) is 0 Å². The third-order valence-electron chi connectivity index (χ3n) is 1.33. The zero-order chi connectivity index (χ0) is 9.72. The maximum Gasteiger partial charge on any atom is 0.328 e. The number of nitrogens with one attached hydrogen (secondary N) is 1. The predicted octanol–water partition coefficient (Wildman–Crippen LogP) is -0.989. The van der Waals surface area contributed by atoms with E-state index in [9.17, 15) is 9.59 Å². The molecule has 1 amide bonds. The van der Waals surface area contributed by atoms with Crippen molar-refractivity contribution in [3.8, 4) is 0 Å². The summed E-state index contributed by atoms with van der Waals surface area (Å²) in [5.41, 5.74) is 5.26. The first-order chi connectivity index (χ1) is 5.49. The van der Waals surface area contributed by atoms with Crippen LogP contribution in [0.25, 0.3) is 0 Å². The molecule has 2 atom stereocenters. The SMILES string of the molecule is COC(=O)[C@H](C)NC(=O)[C@H](C)N. The number of nitrogens with two attached hydrogens (primary N) is 1. The molecular weight excluding hydrogens is 160 g/mol. The predicted molar refractivity (Wildman–Crippen MR) is 43.3 cm³/mol. The molecule has 3 N–H and O–H groups in total. The molecule has 5 heteroatoms. The lowest BCUT2D eigenvalue weighted by Crippen LogP contribution is -2.46. The van der Waals surface area contributed by atoms with Gasteiger partial charge in [0.15, 0.2) is 0 Å². The molecule has 12 heavy (non-hydrogen) atoms. The van der Waals surface area contributed by atoms with E-state index in [4.69, 9.17) is 5.73 Å². The van der Waals surface area contributed by atoms with Crippen LogP contribution in [0, 0.1) is 0 Å². The topological polar surface area (TPSA) is 81.4 Å². The van der Waals surface area contributed by atoms with E-state index in [2.05, 4.69) is 10.1 Å². The minimum Gasteiger partial charge on any atom is -0.467 e. The van der Waals surface area contributed by atoms with Gasteiger partial charge in [-0.3, -0.25) is 4.79 Å². The normalized spacial score (nSPS) is 14.7. The molecule has 0 aliphatic heterocycles. The molecule has 0 aromatic rings. The Morgan fingerprint density at radius 2 is 1.92 bits per heavy atom. The second-order valence-corrected chi connectivity index (χ2v) is 2.54. The zero-order valence-corrected chi connectivity index (χ0v) is 7.46. The van der Waals surface area contributed by atoms with Crippen LogP contribution in [0.15, 0.2) is 0 Å². The highest BCUT2D eigenvalue weighted by atomic mass is 16.5. The van der Waals surface area contributed by atoms with Crippen LogP contribution >= 0.6 is 0 Å². The monoisotopic (exact) mass is 174 g/mol. The van der Waals surface area contributed by atoms with E-state index in [1.165, 1.54) is 14.0 Å². The van der Waals surface area contributed by atoms with Crippen molar-refractivity contribution in [2.45, 2.75) is 25.9 Å². The minimum atomic E-state index is -0.645. The molecule has 0 rings (SSSR count). The average Bonchev–Trinajstić information content (AvgIpc) is 2.02. The largest absolute Gasteiger partial charge is 0.467 e. The molecule has 0 fully saturated rings. The van der Waals surface area contributed by atoms with Gasteiger partial charge in [-0.05, 0) is 13.8 Å². The lowest BCUT2D eigenvalue weighted by Gasteiger charge is -2.12. The standard InChI is InChI=1S/C7H14N2O3/c1-4(8)6(10)9-5(2)7(11)12-3/h4-5H,8H2,1-3H3,(H,9,10)/t4-,5-/m0/s1. The third-order valence-corrected chi connectivity index (χ3v) is 1.33. The lowest BCUT2D eigenvalue weighted by atomic mass is 10.3. The lowest BCUT2D eigenvalue weighted by molar-refractivity contribution is -0.144. The summed E-state index contributed by atoms with van der Waals surface area (Å²) in [6.07, 6.45) is 0. The van der Waals surface area contributed by atoms with Crippen molar-refractivity contribution in [3.63, 3.8) is 0 Å². The molecule has 70 valence electrons. The van der Waals surface area contributed by atoms with Gasteiger partial charge in [-0.2, -0.15) is 0 Å². The molecular formula is C7H14N2O3. The van der Waals surface area contributed by atoms with E-state index in [1.54, 1.807) is 6.92 Å². The summed E-state index contributed by atoms with van der Waals surface area (Å²) in [5.74, 6) is -0.850. The van der Waals surface area contributed by atoms with Gasteiger partial charge in [0.1, 0.15) is 6.04 Å². The van der Waals surface area contributed by atoms with E-state index >= 15 is 0 Å². The summed E-state index contributed by atoms with van der Waals surface area (Å²) < 4.78 is 4.40. The number of rotatable bonds is 3. The smallest absolute Gasteiger partial charge is 0.328 e. The van der Waals surface area contributed by atoms with E-state index < -0.39 is 18.1 Å². The van der Waals surface area contributed by atoms with Gasteiger partial charge in [0.2, 0.25) is 5.91 Å². The van der Waals surface area contributed by atoms with Gasteiger partial charge in [-0.1, -0.05) is 0 Å². The molecule has 5 nitrogen and oxygen atoms in total. The Balaban J connectivity index is 3.92. The van der Waals surface area contributed by atoms with Crippen molar-refractivity contribution in [1.29, 1.82) is 0 Å². The van der Waals surface area contributed by atoms with Crippen LogP contribution in [0.2, 0.25) is 0 Å². The first-order valence-electron chi connectivity index (χ1n) is 3.62. The fraction of sp³-hybridized carbons (Fsp3) is 0.714. The summed E-state index contributed by atoms with van der Waals surface area (Å²) in [7, 11) is 1.26. The van der Waals surface area contributed by atoms with Crippen molar-refractivity contribution >= 4 is 11.9 Å². The number of methoxy groups -OCH3 is 1. The molecule has 0 aliphatic carbocycles. The van der Waals surface area contributed by atoms with Gasteiger partial charge in [0, 0.05) is 0 Å². The maximum absolute atomic E-state index is 10.9. The Hall–Kier alpha value is -1.10. The van der Waals surface area contributed by atoms with Crippen LogP contribution in [0.1, 0.15) is 13.8 Å². The Labute approximate surface area is 71.3 Å². The highest BCUT2D eigenvalue weighted by molar-refractivity contribution is 5.86. The third kappa shape index (κ3) is 3.34. The van der Waals surface area contributed by atoms with Crippen LogP contribution in [0.5, 0.6) is 0 Å². The van der Waals surface area contributed by atoms with Crippen molar-refractivity contribution in [1.82, 2.24) is 5.32 Å². The first-order valence-corrected chi connectivity index (χ1v) is 3.62. The molecule has 0 heterocycles. The average molecular weight is 174 g/mol. The number of carbonyl (C=O) groups is 2. The number of carbonyl (C=O) groups excluding carboxylic acids is 2. The van der Waals surface area contributed by atoms with Crippen LogP contribution < -0.4 is 11.1 Å². The van der Waals surface area contributed by atoms with Gasteiger partial charge in [-0.25, -0.2) is 4.79 Å². The molecule has 0 aliphatic rings. The number of esters is 1. The summed E-state index contributed by atoms with van der Waals surface area (Å²) in [6.45, 7) is 3.07. The van der Waals surface area contributed by atoms with Gasteiger partial charge < -0.3 is 15.8 Å². The van der Waals surface area contributed by atoms with E-state index in [-0.39, 0.29) is 5.91 Å². The molecule has 0 aromatic carbocycles. The van der Waals surface area contributed by atoms with Gasteiger partial charge in [-0.15, -0.1) is 0 Å². The van der Waals surface area contributed by atoms with Crippen LogP contribution in [-0.2, 0) is 14.3 Å². The Bertz CT molecular complexity index is 179. The second kappa shape index (κ2) is 4.71. The number of hydrogen-bond acceptors (Lipinski definition) is 4. The van der Waals surface area contributed by atoms with Gasteiger partial charge in [0.05, 0.1) is 13.2 Å². The first kappa shape index (κ1) is 10.9. The molecule has 0 aromatic heterocycles. The number of amides is 1. The van der Waals surface area contributed by atoms with E-state index in [0.29, 0.717) is 0 Å². The number of ether oxygens (including phenoxy) is 1. The van der Waals surface area contributed by atoms with Crippen molar-refractivity contribution in [2.24, 2.45) is 5.73 Å². The summed E-state index contributed by atoms with van der Waals surface area (Å²) >= 11 is 0. The zero-order valence-electron chi connectivity index (χ0n) is 7.46. The van der Waals surface area contributed by atoms with Crippen LogP contribution in [0.4, 0.5) is 0 Å². The second-order valence-electron chi connectivity index (χ2n) is 2.54. The molecule has 0 saturated heterocycles. The fourth-order valence-electron chi connectivity index (χ4n) is 0.581. The quantitative estimate of drug-likeness (QED) is 0.538. The van der Waals surface area contributed by atoms with Crippen LogP contribution in [0.3, 0.4) is 0 Å². The number of hydrogen-bond donors (Lipinski definition) is 2.